The van der Waals surface area contributed by atoms with Crippen LogP contribution in [0, 0.1) is 0 Å². The van der Waals surface area contributed by atoms with E-state index in [-0.39, 0.29) is 10.7 Å². The fourth-order valence-corrected chi connectivity index (χ4v) is 2.60. The number of carbonyl (C=O) groups is 1. The quantitative estimate of drug-likeness (QED) is 0.874. The summed E-state index contributed by atoms with van der Waals surface area (Å²) in [6, 6.07) is 0. The first-order chi connectivity index (χ1) is 9.65. The molecule has 1 heterocycles. The predicted molar refractivity (Wildman–Crippen MR) is 77.7 cm³/mol. The van der Waals surface area contributed by atoms with Crippen LogP contribution in [-0.2, 0) is 0 Å². The van der Waals surface area contributed by atoms with Crippen LogP contribution in [0.3, 0.4) is 0 Å². The lowest BCUT2D eigenvalue weighted by atomic mass is 10.3. The maximum atomic E-state index is 12.2. The van der Waals surface area contributed by atoms with Crippen molar-refractivity contribution in [1.82, 2.24) is 9.88 Å². The number of rotatable bonds is 6. The molecule has 0 fully saturated rings. The molecule has 0 saturated heterocycles. The van der Waals surface area contributed by atoms with E-state index in [0.29, 0.717) is 5.13 Å². The molecule has 0 unspecified atom stereocenters. The van der Waals surface area contributed by atoms with E-state index in [1.807, 2.05) is 18.9 Å². The molecule has 9 heteroatoms. The van der Waals surface area contributed by atoms with Gasteiger partial charge in [0.2, 0.25) is 0 Å². The summed E-state index contributed by atoms with van der Waals surface area (Å²) in [6.07, 6.45) is -4.43. The van der Waals surface area contributed by atoms with Gasteiger partial charge in [-0.25, -0.2) is 4.98 Å². The van der Waals surface area contributed by atoms with Crippen molar-refractivity contribution in [3.63, 3.8) is 0 Å². The molecule has 0 aliphatic rings. The fourth-order valence-electron chi connectivity index (χ4n) is 1.64. The molecule has 0 atom stereocenters. The standard InChI is InChI=1S/C12H19F3N4OS/c1-4-6-19(3)11-17-9(16)8(21-11)10(20)18(2)7-5-12(13,14)15/h4-7,16H2,1-3H3. The van der Waals surface area contributed by atoms with Gasteiger partial charge in [-0.15, -0.1) is 0 Å². The molecule has 0 bridgehead atoms. The molecule has 0 aliphatic heterocycles. The van der Waals surface area contributed by atoms with Gasteiger partial charge in [0.1, 0.15) is 10.7 Å². The van der Waals surface area contributed by atoms with E-state index in [4.69, 9.17) is 5.73 Å². The highest BCUT2D eigenvalue weighted by Gasteiger charge is 2.29. The van der Waals surface area contributed by atoms with E-state index in [1.165, 1.54) is 7.05 Å². The summed E-state index contributed by atoms with van der Waals surface area (Å²) in [5, 5.41) is 0.585. The Morgan fingerprint density at radius 1 is 1.33 bits per heavy atom. The molecule has 0 spiro atoms. The molecular weight excluding hydrogens is 305 g/mol. The minimum Gasteiger partial charge on any atom is -0.382 e. The Bertz CT molecular complexity index is 489. The molecular formula is C12H19F3N4OS. The number of aromatic nitrogens is 1. The van der Waals surface area contributed by atoms with Crippen LogP contribution >= 0.6 is 11.3 Å². The number of hydrogen-bond acceptors (Lipinski definition) is 5. The summed E-state index contributed by atoms with van der Waals surface area (Å²) in [7, 11) is 3.14. The van der Waals surface area contributed by atoms with Crippen molar-refractivity contribution < 1.29 is 18.0 Å². The predicted octanol–water partition coefficient (Wildman–Crippen LogP) is 2.60. The Hall–Kier alpha value is -1.51. The van der Waals surface area contributed by atoms with Crippen LogP contribution in [0.1, 0.15) is 29.4 Å². The van der Waals surface area contributed by atoms with Crippen molar-refractivity contribution in [3.8, 4) is 0 Å². The van der Waals surface area contributed by atoms with E-state index in [9.17, 15) is 18.0 Å². The first-order valence-corrected chi connectivity index (χ1v) is 7.27. The average Bonchev–Trinajstić information content (AvgIpc) is 2.76. The molecule has 21 heavy (non-hydrogen) atoms. The maximum absolute atomic E-state index is 12.2. The average molecular weight is 324 g/mol. The zero-order valence-corrected chi connectivity index (χ0v) is 13.0. The van der Waals surface area contributed by atoms with Crippen LogP contribution in [0.2, 0.25) is 0 Å². The van der Waals surface area contributed by atoms with Gasteiger partial charge in [-0.3, -0.25) is 4.79 Å². The van der Waals surface area contributed by atoms with Crippen LogP contribution in [-0.4, -0.2) is 49.2 Å². The molecule has 120 valence electrons. The number of thiazole rings is 1. The number of halogens is 3. The molecule has 1 amide bonds. The number of amides is 1. The third-order valence-electron chi connectivity index (χ3n) is 2.80. The molecule has 5 nitrogen and oxygen atoms in total. The van der Waals surface area contributed by atoms with E-state index in [1.54, 1.807) is 0 Å². The molecule has 0 saturated carbocycles. The smallest absolute Gasteiger partial charge is 0.382 e. The van der Waals surface area contributed by atoms with Crippen molar-refractivity contribution in [2.24, 2.45) is 0 Å². The van der Waals surface area contributed by atoms with Gasteiger partial charge in [0, 0.05) is 27.2 Å². The molecule has 0 radical (unpaired) electrons. The fraction of sp³-hybridized carbons (Fsp3) is 0.667. The number of hydrogen-bond donors (Lipinski definition) is 1. The Labute approximate surface area is 125 Å². The highest BCUT2D eigenvalue weighted by atomic mass is 32.1. The monoisotopic (exact) mass is 324 g/mol. The van der Waals surface area contributed by atoms with Crippen LogP contribution in [0.15, 0.2) is 0 Å². The van der Waals surface area contributed by atoms with E-state index in [2.05, 4.69) is 4.98 Å². The van der Waals surface area contributed by atoms with Gasteiger partial charge in [0.25, 0.3) is 5.91 Å². The highest BCUT2D eigenvalue weighted by Crippen LogP contribution is 2.29. The summed E-state index contributed by atoms with van der Waals surface area (Å²) in [5.74, 6) is -0.479. The molecule has 0 aromatic carbocycles. The van der Waals surface area contributed by atoms with Crippen molar-refractivity contribution in [2.45, 2.75) is 25.9 Å². The summed E-state index contributed by atoms with van der Waals surface area (Å²) >= 11 is 1.09. The number of carbonyl (C=O) groups excluding carboxylic acids is 1. The summed E-state index contributed by atoms with van der Waals surface area (Å²) in [4.78, 5) is 19.2. The minimum atomic E-state index is -4.29. The zero-order chi connectivity index (χ0) is 16.2. The van der Waals surface area contributed by atoms with Gasteiger partial charge >= 0.3 is 6.18 Å². The van der Waals surface area contributed by atoms with Crippen LogP contribution in [0.5, 0.6) is 0 Å². The van der Waals surface area contributed by atoms with Crippen LogP contribution in [0.4, 0.5) is 24.1 Å². The minimum absolute atomic E-state index is 0.0572. The van der Waals surface area contributed by atoms with Gasteiger partial charge in [0.05, 0.1) is 6.42 Å². The van der Waals surface area contributed by atoms with Gasteiger partial charge in [-0.1, -0.05) is 18.3 Å². The number of nitrogen functional groups attached to an aromatic ring is 1. The topological polar surface area (TPSA) is 62.5 Å². The lowest BCUT2D eigenvalue weighted by molar-refractivity contribution is -0.136. The largest absolute Gasteiger partial charge is 0.390 e. The number of anilines is 2. The third kappa shape index (κ3) is 5.07. The van der Waals surface area contributed by atoms with Crippen LogP contribution < -0.4 is 10.6 Å². The zero-order valence-electron chi connectivity index (χ0n) is 12.2. The second-order valence-electron chi connectivity index (χ2n) is 4.72. The Morgan fingerprint density at radius 3 is 2.48 bits per heavy atom. The second-order valence-corrected chi connectivity index (χ2v) is 5.70. The highest BCUT2D eigenvalue weighted by molar-refractivity contribution is 7.18. The van der Waals surface area contributed by atoms with Crippen molar-refractivity contribution in [2.75, 3.05) is 37.8 Å². The third-order valence-corrected chi connectivity index (χ3v) is 3.97. The number of nitrogens with two attached hydrogens (primary N) is 1. The summed E-state index contributed by atoms with van der Waals surface area (Å²) < 4.78 is 36.5. The second kappa shape index (κ2) is 6.97. The Morgan fingerprint density at radius 2 is 1.95 bits per heavy atom. The van der Waals surface area contributed by atoms with E-state index in [0.717, 1.165) is 29.2 Å². The molecule has 1 rings (SSSR count). The lowest BCUT2D eigenvalue weighted by Crippen LogP contribution is -2.30. The number of alkyl halides is 3. The van der Waals surface area contributed by atoms with Crippen molar-refractivity contribution in [1.29, 1.82) is 0 Å². The van der Waals surface area contributed by atoms with Gasteiger partial charge < -0.3 is 15.5 Å². The normalized spacial score (nSPS) is 11.5. The van der Waals surface area contributed by atoms with Gasteiger partial charge in [0.15, 0.2) is 5.13 Å². The summed E-state index contributed by atoms with van der Waals surface area (Å²) in [6.45, 7) is 2.36. The summed E-state index contributed by atoms with van der Waals surface area (Å²) in [5.41, 5.74) is 5.70. The SMILES string of the molecule is CCCN(C)c1nc(N)c(C(=O)N(C)CCC(F)(F)F)s1. The molecule has 1 aromatic rings. The van der Waals surface area contributed by atoms with Crippen LogP contribution in [0.25, 0.3) is 0 Å². The molecule has 2 N–H and O–H groups in total. The van der Waals surface area contributed by atoms with E-state index < -0.39 is 25.0 Å². The molecule has 0 aliphatic carbocycles. The Balaban J connectivity index is 2.78. The first kappa shape index (κ1) is 17.5. The maximum Gasteiger partial charge on any atom is 0.390 e. The molecule has 1 aromatic heterocycles. The Kier molecular flexibility index (Phi) is 5.82. The van der Waals surface area contributed by atoms with Crippen molar-refractivity contribution in [3.05, 3.63) is 4.88 Å². The number of nitrogens with zero attached hydrogens (tertiary/aromatic N) is 3. The van der Waals surface area contributed by atoms with Gasteiger partial charge in [-0.2, -0.15) is 13.2 Å². The first-order valence-electron chi connectivity index (χ1n) is 6.45. The van der Waals surface area contributed by atoms with Crippen molar-refractivity contribution >= 4 is 28.2 Å². The van der Waals surface area contributed by atoms with Gasteiger partial charge in [-0.05, 0) is 6.42 Å². The van der Waals surface area contributed by atoms with E-state index >= 15 is 0 Å². The lowest BCUT2D eigenvalue weighted by Gasteiger charge is -2.17.